The van der Waals surface area contributed by atoms with Crippen molar-refractivity contribution in [2.75, 3.05) is 23.4 Å². The average molecular weight is 376 g/mol. The SMILES string of the molecule is CCOC(=O)c1ccccc1N(CC(=O)Nc1ccc(F)cc1F)C(C)=O. The van der Waals surface area contributed by atoms with Crippen molar-refractivity contribution in [3.8, 4) is 0 Å². The van der Waals surface area contributed by atoms with E-state index in [1.807, 2.05) is 0 Å². The number of para-hydroxylation sites is 1. The summed E-state index contributed by atoms with van der Waals surface area (Å²) in [6.07, 6.45) is 0. The van der Waals surface area contributed by atoms with Crippen molar-refractivity contribution >= 4 is 29.2 Å². The van der Waals surface area contributed by atoms with Gasteiger partial charge in [-0.25, -0.2) is 13.6 Å². The van der Waals surface area contributed by atoms with Crippen molar-refractivity contribution < 1.29 is 27.9 Å². The number of hydrogen-bond donors (Lipinski definition) is 1. The molecule has 0 saturated heterocycles. The van der Waals surface area contributed by atoms with E-state index in [2.05, 4.69) is 5.32 Å². The summed E-state index contributed by atoms with van der Waals surface area (Å²) in [4.78, 5) is 37.5. The maximum atomic E-state index is 13.7. The molecule has 0 atom stereocenters. The van der Waals surface area contributed by atoms with Gasteiger partial charge in [-0.15, -0.1) is 0 Å². The van der Waals surface area contributed by atoms with Crippen LogP contribution in [0.3, 0.4) is 0 Å². The van der Waals surface area contributed by atoms with Crippen LogP contribution in [0.25, 0.3) is 0 Å². The predicted octanol–water partition coefficient (Wildman–Crippen LogP) is 3.13. The number of hydrogen-bond acceptors (Lipinski definition) is 4. The van der Waals surface area contributed by atoms with Crippen molar-refractivity contribution in [2.45, 2.75) is 13.8 Å². The molecule has 0 unspecified atom stereocenters. The average Bonchev–Trinajstić information content (AvgIpc) is 2.62. The van der Waals surface area contributed by atoms with Crippen LogP contribution in [0.4, 0.5) is 20.2 Å². The summed E-state index contributed by atoms with van der Waals surface area (Å²) in [5.74, 6) is -3.57. The number of ether oxygens (including phenoxy) is 1. The minimum atomic E-state index is -0.940. The van der Waals surface area contributed by atoms with Crippen molar-refractivity contribution in [3.63, 3.8) is 0 Å². The van der Waals surface area contributed by atoms with E-state index in [1.165, 1.54) is 19.1 Å². The summed E-state index contributed by atoms with van der Waals surface area (Å²) in [5, 5.41) is 2.28. The number of amides is 2. The molecule has 0 radical (unpaired) electrons. The van der Waals surface area contributed by atoms with Gasteiger partial charge in [0.1, 0.15) is 18.2 Å². The summed E-state index contributed by atoms with van der Waals surface area (Å²) < 4.78 is 31.6. The molecule has 0 bridgehead atoms. The molecule has 0 aromatic heterocycles. The Kier molecular flexibility index (Phi) is 6.59. The van der Waals surface area contributed by atoms with E-state index in [0.29, 0.717) is 6.07 Å². The van der Waals surface area contributed by atoms with Gasteiger partial charge in [0.25, 0.3) is 0 Å². The molecule has 0 heterocycles. The summed E-state index contributed by atoms with van der Waals surface area (Å²) in [7, 11) is 0. The molecule has 6 nitrogen and oxygen atoms in total. The lowest BCUT2D eigenvalue weighted by Crippen LogP contribution is -2.37. The first kappa shape index (κ1) is 20.0. The first-order valence-electron chi connectivity index (χ1n) is 8.12. The van der Waals surface area contributed by atoms with Crippen LogP contribution in [-0.4, -0.2) is 30.9 Å². The molecule has 2 rings (SSSR count). The third kappa shape index (κ3) is 5.10. The second kappa shape index (κ2) is 8.88. The zero-order valence-electron chi connectivity index (χ0n) is 14.8. The number of nitrogens with one attached hydrogen (secondary N) is 1. The van der Waals surface area contributed by atoms with Crippen molar-refractivity contribution in [3.05, 3.63) is 59.7 Å². The number of anilines is 2. The molecule has 1 N–H and O–H groups in total. The normalized spacial score (nSPS) is 10.2. The Bertz CT molecular complexity index is 871. The molecule has 2 aromatic rings. The van der Waals surface area contributed by atoms with E-state index in [4.69, 9.17) is 4.74 Å². The Morgan fingerprint density at radius 3 is 2.44 bits per heavy atom. The van der Waals surface area contributed by atoms with E-state index in [1.54, 1.807) is 19.1 Å². The van der Waals surface area contributed by atoms with Gasteiger partial charge in [-0.05, 0) is 31.2 Å². The molecular weight excluding hydrogens is 358 g/mol. The highest BCUT2D eigenvalue weighted by Crippen LogP contribution is 2.22. The zero-order valence-corrected chi connectivity index (χ0v) is 14.8. The maximum Gasteiger partial charge on any atom is 0.340 e. The van der Waals surface area contributed by atoms with Gasteiger partial charge in [0.2, 0.25) is 11.8 Å². The van der Waals surface area contributed by atoms with Gasteiger partial charge in [-0.2, -0.15) is 0 Å². The molecule has 2 amide bonds. The monoisotopic (exact) mass is 376 g/mol. The molecule has 2 aromatic carbocycles. The fourth-order valence-corrected chi connectivity index (χ4v) is 2.38. The fourth-order valence-electron chi connectivity index (χ4n) is 2.38. The molecule has 0 aliphatic carbocycles. The van der Waals surface area contributed by atoms with Gasteiger partial charge in [-0.3, -0.25) is 9.59 Å². The van der Waals surface area contributed by atoms with Crippen LogP contribution in [0.1, 0.15) is 24.2 Å². The van der Waals surface area contributed by atoms with Crippen LogP contribution >= 0.6 is 0 Å². The van der Waals surface area contributed by atoms with Gasteiger partial charge >= 0.3 is 5.97 Å². The van der Waals surface area contributed by atoms with Crippen LogP contribution < -0.4 is 10.2 Å². The van der Waals surface area contributed by atoms with Crippen molar-refractivity contribution in [1.82, 2.24) is 0 Å². The molecule has 27 heavy (non-hydrogen) atoms. The van der Waals surface area contributed by atoms with Crippen LogP contribution in [0.15, 0.2) is 42.5 Å². The second-order valence-electron chi connectivity index (χ2n) is 5.52. The Morgan fingerprint density at radius 2 is 1.81 bits per heavy atom. The Morgan fingerprint density at radius 1 is 1.11 bits per heavy atom. The molecule has 142 valence electrons. The predicted molar refractivity (Wildman–Crippen MR) is 95.4 cm³/mol. The van der Waals surface area contributed by atoms with Crippen LogP contribution in [0.5, 0.6) is 0 Å². The Hall–Kier alpha value is -3.29. The lowest BCUT2D eigenvalue weighted by Gasteiger charge is -2.23. The lowest BCUT2D eigenvalue weighted by molar-refractivity contribution is -0.120. The van der Waals surface area contributed by atoms with Crippen molar-refractivity contribution in [2.24, 2.45) is 0 Å². The van der Waals surface area contributed by atoms with Gasteiger partial charge in [-0.1, -0.05) is 12.1 Å². The molecule has 0 spiro atoms. The quantitative estimate of drug-likeness (QED) is 0.786. The molecule has 0 aliphatic rings. The number of benzene rings is 2. The summed E-state index contributed by atoms with van der Waals surface area (Å²) in [5.41, 5.74) is 0.0945. The summed E-state index contributed by atoms with van der Waals surface area (Å²) >= 11 is 0. The van der Waals surface area contributed by atoms with Crippen LogP contribution in [0, 0.1) is 11.6 Å². The molecular formula is C19H18F2N2O4. The fraction of sp³-hybridized carbons (Fsp3) is 0.211. The largest absolute Gasteiger partial charge is 0.462 e. The molecule has 8 heteroatoms. The number of carbonyl (C=O) groups excluding carboxylic acids is 3. The molecule has 0 aliphatic heterocycles. The number of halogens is 2. The van der Waals surface area contributed by atoms with E-state index in [0.717, 1.165) is 17.0 Å². The number of esters is 1. The standard InChI is InChI=1S/C19H18F2N2O4/c1-3-27-19(26)14-6-4-5-7-17(14)23(12(2)24)11-18(25)22-16-9-8-13(20)10-15(16)21/h4-10H,3,11H2,1-2H3,(H,22,25). The van der Waals surface area contributed by atoms with Crippen LogP contribution in [0.2, 0.25) is 0 Å². The van der Waals surface area contributed by atoms with E-state index < -0.39 is 36.0 Å². The number of rotatable bonds is 6. The zero-order chi connectivity index (χ0) is 20.0. The smallest absolute Gasteiger partial charge is 0.340 e. The van der Waals surface area contributed by atoms with E-state index in [9.17, 15) is 23.2 Å². The lowest BCUT2D eigenvalue weighted by atomic mass is 10.1. The highest BCUT2D eigenvalue weighted by atomic mass is 19.1. The summed E-state index contributed by atoms with van der Waals surface area (Å²) in [6, 6.07) is 8.88. The van der Waals surface area contributed by atoms with Crippen LogP contribution in [-0.2, 0) is 14.3 Å². The molecule has 0 fully saturated rings. The topological polar surface area (TPSA) is 75.7 Å². The van der Waals surface area contributed by atoms with Gasteiger partial charge in [0.15, 0.2) is 0 Å². The number of nitrogens with zero attached hydrogens (tertiary/aromatic N) is 1. The summed E-state index contributed by atoms with van der Waals surface area (Å²) in [6.45, 7) is 2.56. The second-order valence-corrected chi connectivity index (χ2v) is 5.52. The Balaban J connectivity index is 2.25. The van der Waals surface area contributed by atoms with Gasteiger partial charge < -0.3 is 15.0 Å². The maximum absolute atomic E-state index is 13.7. The highest BCUT2D eigenvalue weighted by Gasteiger charge is 2.22. The number of carbonyl (C=O) groups is 3. The minimum Gasteiger partial charge on any atom is -0.462 e. The third-order valence-corrected chi connectivity index (χ3v) is 3.58. The first-order chi connectivity index (χ1) is 12.8. The van der Waals surface area contributed by atoms with E-state index >= 15 is 0 Å². The van der Waals surface area contributed by atoms with Gasteiger partial charge in [0.05, 0.1) is 23.5 Å². The third-order valence-electron chi connectivity index (χ3n) is 3.58. The highest BCUT2D eigenvalue weighted by molar-refractivity contribution is 6.06. The first-order valence-corrected chi connectivity index (χ1v) is 8.12. The van der Waals surface area contributed by atoms with Gasteiger partial charge in [0, 0.05) is 13.0 Å². The van der Waals surface area contributed by atoms with Crippen molar-refractivity contribution in [1.29, 1.82) is 0 Å². The minimum absolute atomic E-state index is 0.121. The Labute approximate surface area is 154 Å². The molecule has 0 saturated carbocycles. The van der Waals surface area contributed by atoms with E-state index in [-0.39, 0.29) is 23.5 Å².